The number of carboxylic acids is 2. The van der Waals surface area contributed by atoms with E-state index in [0.717, 1.165) is 24.3 Å². The van der Waals surface area contributed by atoms with Gasteiger partial charge in [0, 0.05) is 0 Å². The van der Waals surface area contributed by atoms with Crippen molar-refractivity contribution in [3.63, 3.8) is 0 Å². The Kier molecular flexibility index (Phi) is 11.6. The summed E-state index contributed by atoms with van der Waals surface area (Å²) in [6.45, 7) is 0. The number of carbonyl (C=O) groups is 2. The summed E-state index contributed by atoms with van der Waals surface area (Å²) in [6, 6.07) is 7.08. The SMILES string of the molecule is O=C(O)c1c([O-])cccc1O.O=C(O)c1c([O-])cccc1O.[Na+].[Na+]. The zero-order valence-corrected chi connectivity index (χ0v) is 16.9. The number of phenols is 2. The molecule has 0 bridgehead atoms. The van der Waals surface area contributed by atoms with Crippen LogP contribution in [0.25, 0.3) is 0 Å². The minimum absolute atomic E-state index is 0. The van der Waals surface area contributed by atoms with Gasteiger partial charge in [0.25, 0.3) is 0 Å². The van der Waals surface area contributed by atoms with Crippen LogP contribution in [0.5, 0.6) is 23.0 Å². The molecule has 0 saturated carbocycles. The quantitative estimate of drug-likeness (QED) is 0.389. The normalized spacial score (nSPS) is 8.67. The van der Waals surface area contributed by atoms with Crippen LogP contribution in [0.1, 0.15) is 20.7 Å². The molecule has 24 heavy (non-hydrogen) atoms. The first-order chi connectivity index (χ1) is 10.3. The predicted octanol–water partition coefficient (Wildman–Crippen LogP) is -5.66. The van der Waals surface area contributed by atoms with E-state index < -0.39 is 46.1 Å². The zero-order valence-electron chi connectivity index (χ0n) is 12.9. The Labute approximate surface area is 180 Å². The van der Waals surface area contributed by atoms with Crippen molar-refractivity contribution in [1.82, 2.24) is 0 Å². The van der Waals surface area contributed by atoms with E-state index in [1.165, 1.54) is 12.1 Å². The second-order valence-corrected chi connectivity index (χ2v) is 3.91. The first-order valence-corrected chi connectivity index (χ1v) is 5.70. The van der Waals surface area contributed by atoms with Gasteiger partial charge in [0.1, 0.15) is 11.5 Å². The molecule has 116 valence electrons. The second kappa shape index (κ2) is 11.2. The van der Waals surface area contributed by atoms with Crippen molar-refractivity contribution in [1.29, 1.82) is 0 Å². The topological polar surface area (TPSA) is 161 Å². The molecule has 0 radical (unpaired) electrons. The van der Waals surface area contributed by atoms with Crippen LogP contribution in [0, 0.1) is 0 Å². The molecule has 10 heteroatoms. The average molecular weight is 352 g/mol. The number of aromatic hydroxyl groups is 2. The van der Waals surface area contributed by atoms with Crippen LogP contribution in [-0.2, 0) is 0 Å². The fourth-order valence-electron chi connectivity index (χ4n) is 1.47. The van der Waals surface area contributed by atoms with Gasteiger partial charge in [-0.15, -0.1) is 0 Å². The molecule has 0 spiro atoms. The van der Waals surface area contributed by atoms with Crippen molar-refractivity contribution in [2.75, 3.05) is 0 Å². The number of hydrogen-bond donors (Lipinski definition) is 4. The Morgan fingerprint density at radius 2 is 1.00 bits per heavy atom. The zero-order chi connectivity index (χ0) is 16.9. The Morgan fingerprint density at radius 3 is 1.17 bits per heavy atom. The van der Waals surface area contributed by atoms with Crippen molar-refractivity contribution in [2.45, 2.75) is 0 Å². The van der Waals surface area contributed by atoms with Crippen LogP contribution in [0.15, 0.2) is 36.4 Å². The molecule has 0 atom stereocenters. The van der Waals surface area contributed by atoms with Gasteiger partial charge >= 0.3 is 71.1 Å². The van der Waals surface area contributed by atoms with Crippen LogP contribution in [0.3, 0.4) is 0 Å². The Hall–Kier alpha value is -1.42. The maximum absolute atomic E-state index is 10.7. The maximum Gasteiger partial charge on any atom is 1.00 e. The van der Waals surface area contributed by atoms with Crippen molar-refractivity contribution >= 4 is 11.9 Å². The molecular weight excluding hydrogens is 342 g/mol. The summed E-state index contributed by atoms with van der Waals surface area (Å²) in [5.74, 6) is -5.17. The van der Waals surface area contributed by atoms with E-state index in [-0.39, 0.29) is 59.1 Å². The molecule has 0 saturated heterocycles. The van der Waals surface area contributed by atoms with E-state index in [1.807, 2.05) is 0 Å². The number of aromatic carboxylic acids is 2. The van der Waals surface area contributed by atoms with Crippen molar-refractivity contribution in [2.24, 2.45) is 0 Å². The molecule has 0 aliphatic carbocycles. The predicted molar refractivity (Wildman–Crippen MR) is 69.0 cm³/mol. The summed E-state index contributed by atoms with van der Waals surface area (Å²) in [6.07, 6.45) is 0. The van der Waals surface area contributed by atoms with E-state index in [0.29, 0.717) is 0 Å². The fraction of sp³-hybridized carbons (Fsp3) is 0. The van der Waals surface area contributed by atoms with Crippen LogP contribution >= 0.6 is 0 Å². The van der Waals surface area contributed by atoms with Gasteiger partial charge in [0.15, 0.2) is 0 Å². The van der Waals surface area contributed by atoms with Gasteiger partial charge in [0.2, 0.25) is 0 Å². The molecule has 0 aliphatic rings. The molecule has 0 heterocycles. The van der Waals surface area contributed by atoms with Crippen LogP contribution < -0.4 is 69.3 Å². The third-order valence-corrected chi connectivity index (χ3v) is 2.44. The van der Waals surface area contributed by atoms with E-state index >= 15 is 0 Å². The smallest absolute Gasteiger partial charge is 0.872 e. The molecule has 2 aromatic rings. The molecule has 2 rings (SSSR count). The standard InChI is InChI=1S/2C7H6O4.2Na/c2*8-4-2-1-3-5(9)6(4)7(10)11;;/h2*1-3,8-9H,(H,10,11);;/q;;2*+1/p-2. The minimum Gasteiger partial charge on any atom is -0.872 e. The first kappa shape index (κ1) is 24.8. The van der Waals surface area contributed by atoms with Gasteiger partial charge < -0.3 is 30.6 Å². The third kappa shape index (κ3) is 6.60. The van der Waals surface area contributed by atoms with E-state index in [9.17, 15) is 19.8 Å². The Morgan fingerprint density at radius 1 is 0.708 bits per heavy atom. The molecular formula is C14H10Na2O8. The van der Waals surface area contributed by atoms with Crippen LogP contribution in [0.4, 0.5) is 0 Å². The van der Waals surface area contributed by atoms with Gasteiger partial charge in [0.05, 0.1) is 11.1 Å². The van der Waals surface area contributed by atoms with Crippen molar-refractivity contribution < 1.29 is 99.3 Å². The van der Waals surface area contributed by atoms with Crippen LogP contribution in [0.2, 0.25) is 0 Å². The average Bonchev–Trinajstić information content (AvgIpc) is 2.38. The molecule has 2 aromatic carbocycles. The fourth-order valence-corrected chi connectivity index (χ4v) is 1.47. The molecule has 0 amide bonds. The molecule has 0 aromatic heterocycles. The van der Waals surface area contributed by atoms with Crippen LogP contribution in [-0.4, -0.2) is 32.4 Å². The van der Waals surface area contributed by atoms with Gasteiger partial charge in [-0.25, -0.2) is 9.59 Å². The number of rotatable bonds is 2. The Balaban J connectivity index is 0. The largest absolute Gasteiger partial charge is 1.00 e. The maximum atomic E-state index is 10.7. The van der Waals surface area contributed by atoms with Crippen molar-refractivity contribution in [3.8, 4) is 23.0 Å². The van der Waals surface area contributed by atoms with E-state index in [2.05, 4.69) is 0 Å². The first-order valence-electron chi connectivity index (χ1n) is 5.70. The second-order valence-electron chi connectivity index (χ2n) is 3.91. The number of benzene rings is 2. The molecule has 0 unspecified atom stereocenters. The summed E-state index contributed by atoms with van der Waals surface area (Å²) in [4.78, 5) is 20.6. The molecule has 0 aliphatic heterocycles. The number of carboxylic acid groups (broad SMARTS) is 2. The van der Waals surface area contributed by atoms with Gasteiger partial charge in [-0.2, -0.15) is 0 Å². The molecule has 8 nitrogen and oxygen atoms in total. The summed E-state index contributed by atoms with van der Waals surface area (Å²) in [5, 5.41) is 56.0. The van der Waals surface area contributed by atoms with Gasteiger partial charge in [-0.3, -0.25) is 0 Å². The summed E-state index contributed by atoms with van der Waals surface area (Å²) in [5.41, 5.74) is -1.15. The van der Waals surface area contributed by atoms with Gasteiger partial charge in [-0.1, -0.05) is 35.8 Å². The van der Waals surface area contributed by atoms with Gasteiger partial charge in [-0.05, 0) is 12.1 Å². The number of hydrogen-bond acceptors (Lipinski definition) is 6. The van der Waals surface area contributed by atoms with E-state index in [4.69, 9.17) is 20.4 Å². The minimum atomic E-state index is -1.41. The van der Waals surface area contributed by atoms with E-state index in [1.54, 1.807) is 0 Å². The monoisotopic (exact) mass is 352 g/mol. The summed E-state index contributed by atoms with van der Waals surface area (Å²) in [7, 11) is 0. The third-order valence-electron chi connectivity index (χ3n) is 2.44. The van der Waals surface area contributed by atoms with Crippen molar-refractivity contribution in [3.05, 3.63) is 47.5 Å². The summed E-state index contributed by atoms with van der Waals surface area (Å²) < 4.78 is 0. The summed E-state index contributed by atoms with van der Waals surface area (Å²) >= 11 is 0. The molecule has 0 fully saturated rings. The Bertz CT molecular complexity index is 616. The molecule has 4 N–H and O–H groups in total.